The van der Waals surface area contributed by atoms with Crippen LogP contribution in [-0.4, -0.2) is 32.7 Å². The van der Waals surface area contributed by atoms with Crippen molar-refractivity contribution >= 4 is 15.7 Å². The third-order valence-corrected chi connectivity index (χ3v) is 4.28. The second kappa shape index (κ2) is 11.3. The normalized spacial score (nSPS) is 13.4. The van der Waals surface area contributed by atoms with Gasteiger partial charge in [0.1, 0.15) is 11.5 Å². The van der Waals surface area contributed by atoms with Crippen LogP contribution in [0.4, 0.5) is 13.2 Å². The first kappa shape index (κ1) is 26.2. The van der Waals surface area contributed by atoms with Crippen molar-refractivity contribution in [1.82, 2.24) is 0 Å². The summed E-state index contributed by atoms with van der Waals surface area (Å²) < 4.78 is 69.8. The quantitative estimate of drug-likeness (QED) is 0.292. The molecule has 27 heavy (non-hydrogen) atoms. The molecule has 1 aromatic carbocycles. The van der Waals surface area contributed by atoms with E-state index in [1.807, 2.05) is 6.07 Å². The van der Waals surface area contributed by atoms with Gasteiger partial charge in [0.2, 0.25) is 0 Å². The molecule has 1 aliphatic rings. The van der Waals surface area contributed by atoms with Gasteiger partial charge >= 0.3 is 33.2 Å². The minimum atomic E-state index is -6.09. The molecule has 0 aliphatic heterocycles. The van der Waals surface area contributed by atoms with Gasteiger partial charge in [0.05, 0.1) is 14.2 Å². The maximum atomic E-state index is 10.7. The van der Waals surface area contributed by atoms with Gasteiger partial charge in [-0.05, 0) is 49.0 Å². The molecule has 2 radical (unpaired) electrons. The zero-order chi connectivity index (χ0) is 20.0. The van der Waals surface area contributed by atoms with E-state index < -0.39 is 15.6 Å². The molecular weight excluding hydrogens is 574 g/mol. The first-order chi connectivity index (χ1) is 12.0. The third-order valence-electron chi connectivity index (χ3n) is 3.71. The van der Waals surface area contributed by atoms with Crippen LogP contribution in [-0.2, 0) is 44.2 Å². The van der Waals surface area contributed by atoms with Gasteiger partial charge in [0.15, 0.2) is 10.1 Å². The van der Waals surface area contributed by atoms with Gasteiger partial charge in [-0.3, -0.25) is 0 Å². The fourth-order valence-corrected chi connectivity index (χ4v) is 2.47. The van der Waals surface area contributed by atoms with E-state index in [4.69, 9.17) is 22.4 Å². The fourth-order valence-electron chi connectivity index (χ4n) is 2.47. The Morgan fingerprint density at radius 2 is 1.81 bits per heavy atom. The first-order valence-electron chi connectivity index (χ1n) is 7.92. The number of aryl methyl sites for hydroxylation is 1. The standard InChI is InChI=1S/C16H21O2.CHF3O3S.Hg/c1-4-5-7-12-8-6-9-13-10-14(17-2)11-15(18-3)16(12)13;2-1(3,4)8(5,6)7;/h10-11H,4-7,9H2,1-3H3;(H,5,6,7);/q;;+1/p-1. The number of allylic oxidation sites excluding steroid dienone is 2. The van der Waals surface area contributed by atoms with Crippen LogP contribution in [0.2, 0.25) is 0 Å². The summed E-state index contributed by atoms with van der Waals surface area (Å²) >= 11 is 0. The predicted molar refractivity (Wildman–Crippen MR) is 89.8 cm³/mol. The Kier molecular flexibility index (Phi) is 10.9. The molecule has 0 saturated heterocycles. The maximum absolute atomic E-state index is 10.7. The summed E-state index contributed by atoms with van der Waals surface area (Å²) in [6, 6.07) is 4.10. The minimum Gasteiger partial charge on any atom is -0.741 e. The molecule has 2 rings (SSSR count). The topological polar surface area (TPSA) is 75.7 Å². The molecule has 0 heterocycles. The number of rotatable bonds is 5. The Hall–Kier alpha value is -0.805. The Morgan fingerprint density at radius 1 is 1.22 bits per heavy atom. The summed E-state index contributed by atoms with van der Waals surface area (Å²) in [6.07, 6.45) is 9.05. The summed E-state index contributed by atoms with van der Waals surface area (Å²) in [7, 11) is -2.67. The number of alkyl halides is 3. The Morgan fingerprint density at radius 3 is 2.26 bits per heavy atom. The van der Waals surface area contributed by atoms with E-state index in [1.54, 1.807) is 14.2 Å². The zero-order valence-electron chi connectivity index (χ0n) is 15.5. The average molecular weight is 595 g/mol. The molecule has 0 atom stereocenters. The molecule has 1 aromatic rings. The Bertz CT molecular complexity index is 746. The van der Waals surface area contributed by atoms with Crippen molar-refractivity contribution in [3.8, 4) is 11.5 Å². The van der Waals surface area contributed by atoms with Gasteiger partial charge in [-0.2, -0.15) is 13.2 Å². The monoisotopic (exact) mass is 596 g/mol. The van der Waals surface area contributed by atoms with Gasteiger partial charge < -0.3 is 14.0 Å². The minimum absolute atomic E-state index is 0. The molecular formula is C17H21F3HgO5S. The van der Waals surface area contributed by atoms with Crippen LogP contribution in [0.5, 0.6) is 11.5 Å². The molecule has 0 aromatic heterocycles. The Labute approximate surface area is 178 Å². The second-order valence-electron chi connectivity index (χ2n) is 5.52. The molecule has 0 unspecified atom stereocenters. The summed E-state index contributed by atoms with van der Waals surface area (Å²) in [5, 5.41) is 0. The molecule has 0 N–H and O–H groups in total. The van der Waals surface area contributed by atoms with E-state index in [1.165, 1.54) is 29.5 Å². The van der Waals surface area contributed by atoms with E-state index in [0.717, 1.165) is 30.8 Å². The zero-order valence-corrected chi connectivity index (χ0v) is 21.8. The molecule has 10 heteroatoms. The summed E-state index contributed by atoms with van der Waals surface area (Å²) in [5.74, 6) is 1.80. The van der Waals surface area contributed by atoms with Crippen molar-refractivity contribution in [1.29, 1.82) is 0 Å². The van der Waals surface area contributed by atoms with Crippen molar-refractivity contribution in [2.24, 2.45) is 0 Å². The molecule has 0 bridgehead atoms. The molecule has 0 amide bonds. The fraction of sp³-hybridized carbons (Fsp3) is 0.529. The van der Waals surface area contributed by atoms with Crippen LogP contribution < -0.4 is 9.47 Å². The molecule has 0 fully saturated rings. The van der Waals surface area contributed by atoms with Crippen LogP contribution in [0.25, 0.3) is 5.57 Å². The number of hydrogen-bond acceptors (Lipinski definition) is 5. The third kappa shape index (κ3) is 7.61. The number of hydrogen-bond donors (Lipinski definition) is 0. The first-order valence-corrected chi connectivity index (χ1v) is 9.33. The van der Waals surface area contributed by atoms with Gasteiger partial charge in [-0.15, -0.1) is 0 Å². The van der Waals surface area contributed by atoms with Crippen LogP contribution >= 0.6 is 0 Å². The van der Waals surface area contributed by atoms with Crippen molar-refractivity contribution < 1.29 is 63.3 Å². The molecule has 148 valence electrons. The van der Waals surface area contributed by atoms with Crippen molar-refractivity contribution in [3.63, 3.8) is 0 Å². The molecule has 0 spiro atoms. The average Bonchev–Trinajstić information content (AvgIpc) is 2.57. The number of fused-ring (bicyclic) bond motifs is 1. The number of methoxy groups -OCH3 is 2. The largest absolute Gasteiger partial charge is 1.00 e. The van der Waals surface area contributed by atoms with E-state index in [0.29, 0.717) is 0 Å². The van der Waals surface area contributed by atoms with Gasteiger partial charge in [0.25, 0.3) is 0 Å². The molecule has 0 saturated carbocycles. The second-order valence-corrected chi connectivity index (χ2v) is 6.89. The van der Waals surface area contributed by atoms with Crippen LogP contribution in [0.1, 0.15) is 43.7 Å². The summed E-state index contributed by atoms with van der Waals surface area (Å²) in [6.45, 7) is 2.22. The van der Waals surface area contributed by atoms with E-state index in [-0.39, 0.29) is 27.7 Å². The molecule has 1 aliphatic carbocycles. The van der Waals surface area contributed by atoms with Crippen molar-refractivity contribution in [2.75, 3.05) is 14.2 Å². The van der Waals surface area contributed by atoms with E-state index in [2.05, 4.69) is 19.1 Å². The number of benzene rings is 1. The van der Waals surface area contributed by atoms with Crippen LogP contribution in [0.3, 0.4) is 0 Å². The van der Waals surface area contributed by atoms with Gasteiger partial charge in [-0.25, -0.2) is 8.42 Å². The van der Waals surface area contributed by atoms with Gasteiger partial charge in [0, 0.05) is 11.6 Å². The van der Waals surface area contributed by atoms with Gasteiger partial charge in [-0.1, -0.05) is 13.3 Å². The van der Waals surface area contributed by atoms with E-state index >= 15 is 0 Å². The van der Waals surface area contributed by atoms with Crippen molar-refractivity contribution in [2.45, 2.75) is 44.5 Å². The number of halogens is 3. The summed E-state index contributed by atoms with van der Waals surface area (Å²) in [4.78, 5) is 0. The summed E-state index contributed by atoms with van der Waals surface area (Å²) in [5.41, 5.74) is -1.75. The smallest absolute Gasteiger partial charge is 0.741 e. The maximum Gasteiger partial charge on any atom is 1.00 e. The van der Waals surface area contributed by atoms with Crippen LogP contribution in [0.15, 0.2) is 12.1 Å². The molecule has 5 nitrogen and oxygen atoms in total. The Balaban J connectivity index is 0.000000645. The van der Waals surface area contributed by atoms with Crippen LogP contribution in [0, 0.1) is 6.08 Å². The van der Waals surface area contributed by atoms with E-state index in [9.17, 15) is 13.2 Å². The number of ether oxygens (including phenoxy) is 2. The predicted octanol–water partition coefficient (Wildman–Crippen LogP) is 4.08. The SMILES string of the molecule is CCCCC1=[C]CCc2cc(OC)cc(OC)c21.O=S(=O)([O-])C(F)(F)F.[Hg+]. The van der Waals surface area contributed by atoms with Crippen molar-refractivity contribution in [3.05, 3.63) is 29.3 Å². The number of unbranched alkanes of at least 4 members (excludes halogenated alkanes) is 1.